The average molecular weight is 552 g/mol. The number of para-hydroxylation sites is 2. The maximum Gasteiger partial charge on any atom is 0.534 e. The Labute approximate surface area is 185 Å². The number of hydrogen-bond donors (Lipinski definition) is 0. The molecule has 192 valence electrons. The summed E-state index contributed by atoms with van der Waals surface area (Å²) in [5, 5.41) is 0. The minimum atomic E-state index is -6.13. The first-order valence-corrected chi connectivity index (χ1v) is 11.0. The highest BCUT2D eigenvalue weighted by Crippen LogP contribution is 2.38. The van der Waals surface area contributed by atoms with E-state index in [0.717, 1.165) is 30.3 Å². The molecule has 0 unspecified atom stereocenters. The number of rotatable bonds is 5. The van der Waals surface area contributed by atoms with E-state index in [2.05, 4.69) is 8.37 Å². The van der Waals surface area contributed by atoms with Crippen LogP contribution in [0.3, 0.4) is 0 Å². The molecule has 2 rings (SSSR count). The highest BCUT2D eigenvalue weighted by atomic mass is 32.2. The Hall–Kier alpha value is -2.76. The summed E-state index contributed by atoms with van der Waals surface area (Å²) in [6.45, 7) is 0. The standard InChI is InChI=1S/C8H4F6O3S.C8H6F4O3S/c9-7(10,11)5-3-1-2-4-6(5)17-18(15,16)8(12,13)14;9-5-16(13,14)15-7-4-2-1-3-6(7)8(10,11)12/h1-4H;1-4H,5H2. The summed E-state index contributed by atoms with van der Waals surface area (Å²) in [5.41, 5.74) is -8.68. The highest BCUT2D eigenvalue weighted by Gasteiger charge is 2.49. The van der Waals surface area contributed by atoms with Crippen molar-refractivity contribution in [1.29, 1.82) is 0 Å². The van der Waals surface area contributed by atoms with E-state index in [0.29, 0.717) is 18.2 Å². The van der Waals surface area contributed by atoms with Gasteiger partial charge in [0, 0.05) is 0 Å². The van der Waals surface area contributed by atoms with Crippen LogP contribution in [0.2, 0.25) is 0 Å². The zero-order chi connectivity index (χ0) is 26.6. The lowest BCUT2D eigenvalue weighted by Crippen LogP contribution is -2.28. The van der Waals surface area contributed by atoms with E-state index < -0.39 is 66.7 Å². The van der Waals surface area contributed by atoms with Crippen molar-refractivity contribution in [2.75, 3.05) is 6.01 Å². The second-order valence-electron chi connectivity index (χ2n) is 5.72. The Balaban J connectivity index is 0.000000342. The monoisotopic (exact) mass is 552 g/mol. The van der Waals surface area contributed by atoms with Crippen LogP contribution in [0.15, 0.2) is 48.5 Å². The van der Waals surface area contributed by atoms with Gasteiger partial charge < -0.3 is 8.37 Å². The van der Waals surface area contributed by atoms with E-state index in [1.807, 2.05) is 0 Å². The minimum absolute atomic E-state index is 0.404. The van der Waals surface area contributed by atoms with Crippen LogP contribution < -0.4 is 8.37 Å². The average Bonchev–Trinajstić information content (AvgIpc) is 2.66. The first kappa shape index (κ1) is 29.3. The van der Waals surface area contributed by atoms with Crippen molar-refractivity contribution >= 4 is 20.2 Å². The van der Waals surface area contributed by atoms with Crippen molar-refractivity contribution in [2.45, 2.75) is 17.9 Å². The number of halogens is 10. The molecule has 2 aromatic carbocycles. The Morgan fingerprint density at radius 2 is 0.971 bits per heavy atom. The molecule has 18 heteroatoms. The maximum atomic E-state index is 12.4. The second kappa shape index (κ2) is 10.2. The van der Waals surface area contributed by atoms with Crippen molar-refractivity contribution in [1.82, 2.24) is 0 Å². The van der Waals surface area contributed by atoms with E-state index in [4.69, 9.17) is 0 Å². The molecule has 0 atom stereocenters. The molecule has 0 radical (unpaired) electrons. The second-order valence-corrected chi connectivity index (χ2v) is 8.76. The quantitative estimate of drug-likeness (QED) is 0.285. The van der Waals surface area contributed by atoms with E-state index >= 15 is 0 Å². The molecule has 0 aliphatic carbocycles. The zero-order valence-electron chi connectivity index (χ0n) is 15.9. The van der Waals surface area contributed by atoms with Crippen LogP contribution in [0.5, 0.6) is 11.5 Å². The van der Waals surface area contributed by atoms with E-state index in [1.165, 1.54) is 0 Å². The molecule has 0 saturated carbocycles. The SMILES string of the molecule is O=S(=O)(CF)Oc1ccccc1C(F)(F)F.O=S(=O)(Oc1ccccc1C(F)(F)F)C(F)(F)F. The molecular weight excluding hydrogens is 542 g/mol. The molecule has 6 nitrogen and oxygen atoms in total. The molecule has 0 aliphatic heterocycles. The van der Waals surface area contributed by atoms with Gasteiger partial charge in [0.1, 0.15) is 0 Å². The molecule has 0 amide bonds. The fraction of sp³-hybridized carbons (Fsp3) is 0.250. The summed E-state index contributed by atoms with van der Waals surface area (Å²) in [6.07, 6.45) is -9.79. The van der Waals surface area contributed by atoms with Gasteiger partial charge in [-0.1, -0.05) is 24.3 Å². The fourth-order valence-electron chi connectivity index (χ4n) is 1.87. The predicted molar refractivity (Wildman–Crippen MR) is 94.0 cm³/mol. The van der Waals surface area contributed by atoms with Gasteiger partial charge in [-0.05, 0) is 24.3 Å². The third kappa shape index (κ3) is 8.23. The number of benzene rings is 2. The van der Waals surface area contributed by atoms with Gasteiger partial charge in [-0.15, -0.1) is 0 Å². The fourth-order valence-corrected chi connectivity index (χ4v) is 2.81. The van der Waals surface area contributed by atoms with Crippen molar-refractivity contribution in [3.8, 4) is 11.5 Å². The molecule has 34 heavy (non-hydrogen) atoms. The smallest absolute Gasteiger partial charge is 0.380 e. The summed E-state index contributed by atoms with van der Waals surface area (Å²) in [4.78, 5) is 0. The van der Waals surface area contributed by atoms with Crippen molar-refractivity contribution < 1.29 is 69.1 Å². The molecule has 0 spiro atoms. The van der Waals surface area contributed by atoms with Crippen LogP contribution in [0.25, 0.3) is 0 Å². The summed E-state index contributed by atoms with van der Waals surface area (Å²) >= 11 is 0. The predicted octanol–water partition coefficient (Wildman–Crippen LogP) is 5.27. The highest BCUT2D eigenvalue weighted by molar-refractivity contribution is 7.88. The molecule has 0 bridgehead atoms. The van der Waals surface area contributed by atoms with Crippen LogP contribution in [-0.2, 0) is 32.6 Å². The van der Waals surface area contributed by atoms with E-state index in [-0.39, 0.29) is 0 Å². The first-order chi connectivity index (χ1) is 15.2. The molecular formula is C16H10F10O6S2. The lowest BCUT2D eigenvalue weighted by atomic mass is 10.2. The molecule has 0 aliphatic rings. The van der Waals surface area contributed by atoms with Gasteiger partial charge in [-0.25, -0.2) is 4.39 Å². The van der Waals surface area contributed by atoms with E-state index in [9.17, 15) is 60.7 Å². The van der Waals surface area contributed by atoms with Crippen molar-refractivity contribution in [3.63, 3.8) is 0 Å². The lowest BCUT2D eigenvalue weighted by Gasteiger charge is -2.14. The van der Waals surface area contributed by atoms with Gasteiger partial charge in [-0.3, -0.25) is 0 Å². The first-order valence-electron chi connectivity index (χ1n) is 8.02. The van der Waals surface area contributed by atoms with E-state index in [1.54, 1.807) is 0 Å². The normalized spacial score (nSPS) is 13.0. The Kier molecular flexibility index (Phi) is 8.82. The van der Waals surface area contributed by atoms with Gasteiger partial charge in [0.15, 0.2) is 11.5 Å². The van der Waals surface area contributed by atoms with Crippen LogP contribution >= 0.6 is 0 Å². The Morgan fingerprint density at radius 1 is 0.618 bits per heavy atom. The third-order valence-electron chi connectivity index (χ3n) is 3.22. The number of alkyl halides is 10. The molecule has 0 fully saturated rings. The van der Waals surface area contributed by atoms with Crippen LogP contribution in [0.4, 0.5) is 43.9 Å². The van der Waals surface area contributed by atoms with Gasteiger partial charge in [0.05, 0.1) is 11.1 Å². The Bertz CT molecular complexity index is 1190. The van der Waals surface area contributed by atoms with Gasteiger partial charge in [0.25, 0.3) is 0 Å². The summed E-state index contributed by atoms with van der Waals surface area (Å²) in [5.74, 6) is -2.37. The lowest BCUT2D eigenvalue weighted by molar-refractivity contribution is -0.139. The molecule has 0 aromatic heterocycles. The van der Waals surface area contributed by atoms with Gasteiger partial charge >= 0.3 is 38.1 Å². The van der Waals surface area contributed by atoms with Gasteiger partial charge in [0.2, 0.25) is 6.01 Å². The van der Waals surface area contributed by atoms with Crippen molar-refractivity contribution in [2.24, 2.45) is 0 Å². The summed E-state index contributed by atoms with van der Waals surface area (Å²) in [6, 6.07) is 4.45. The van der Waals surface area contributed by atoms with Gasteiger partial charge in [-0.2, -0.15) is 56.3 Å². The van der Waals surface area contributed by atoms with Crippen LogP contribution in [0, 0.1) is 0 Å². The molecule has 0 heterocycles. The van der Waals surface area contributed by atoms with Crippen LogP contribution in [0.1, 0.15) is 11.1 Å². The largest absolute Gasteiger partial charge is 0.534 e. The van der Waals surface area contributed by atoms with Crippen molar-refractivity contribution in [3.05, 3.63) is 59.7 Å². The molecule has 0 N–H and O–H groups in total. The van der Waals surface area contributed by atoms with Crippen LogP contribution in [-0.4, -0.2) is 28.4 Å². The third-order valence-corrected chi connectivity index (χ3v) is 4.88. The Morgan fingerprint density at radius 3 is 1.29 bits per heavy atom. The topological polar surface area (TPSA) is 86.7 Å². The molecule has 2 aromatic rings. The zero-order valence-corrected chi connectivity index (χ0v) is 17.5. The molecule has 0 saturated heterocycles. The summed E-state index contributed by atoms with van der Waals surface area (Å²) in [7, 11) is -10.8. The number of hydrogen-bond acceptors (Lipinski definition) is 6. The minimum Gasteiger partial charge on any atom is -0.380 e. The summed E-state index contributed by atoms with van der Waals surface area (Å²) < 4.78 is 172. The maximum absolute atomic E-state index is 12.4.